The van der Waals surface area contributed by atoms with Crippen LogP contribution in [0.5, 0.6) is 0 Å². The lowest BCUT2D eigenvalue weighted by atomic mass is 9.94. The molecule has 0 amide bonds. The molecule has 2 rings (SSSR count). The topological polar surface area (TPSA) is 32.3 Å². The lowest BCUT2D eigenvalue weighted by molar-refractivity contribution is 0.0701. The highest BCUT2D eigenvalue weighted by Crippen LogP contribution is 2.49. The minimum Gasteiger partial charge on any atom is -0.391 e. The first-order valence-electron chi connectivity index (χ1n) is 4.64. The van der Waals surface area contributed by atoms with Crippen LogP contribution in [-0.2, 0) is 0 Å². The van der Waals surface area contributed by atoms with E-state index >= 15 is 0 Å². The molecule has 0 unspecified atom stereocenters. The first kappa shape index (κ1) is 7.56. The molecule has 2 N–H and O–H groups in total. The second-order valence-corrected chi connectivity index (χ2v) is 4.30. The summed E-state index contributed by atoms with van der Waals surface area (Å²) in [4.78, 5) is 0. The molecule has 0 spiro atoms. The summed E-state index contributed by atoms with van der Waals surface area (Å²) in [7, 11) is 0. The molecule has 2 atom stereocenters. The Morgan fingerprint density at radius 3 is 2.73 bits per heavy atom. The molecular weight excluding hydrogens is 138 g/mol. The van der Waals surface area contributed by atoms with E-state index in [4.69, 9.17) is 0 Å². The number of hydrogen-bond acceptors (Lipinski definition) is 2. The Kier molecular flexibility index (Phi) is 1.69. The van der Waals surface area contributed by atoms with Crippen molar-refractivity contribution >= 4 is 0 Å². The second-order valence-electron chi connectivity index (χ2n) is 4.30. The van der Waals surface area contributed by atoms with Gasteiger partial charge in [-0.05, 0) is 37.6 Å². The fourth-order valence-corrected chi connectivity index (χ4v) is 1.96. The third-order valence-corrected chi connectivity index (χ3v) is 3.23. The van der Waals surface area contributed by atoms with Gasteiger partial charge in [0.25, 0.3) is 0 Å². The van der Waals surface area contributed by atoms with E-state index < -0.39 is 0 Å². The highest BCUT2D eigenvalue weighted by atomic mass is 16.3. The van der Waals surface area contributed by atoms with Crippen LogP contribution in [0, 0.1) is 5.41 Å². The van der Waals surface area contributed by atoms with E-state index in [9.17, 15) is 5.11 Å². The van der Waals surface area contributed by atoms with E-state index in [0.717, 1.165) is 13.0 Å². The maximum atomic E-state index is 9.89. The van der Waals surface area contributed by atoms with Crippen molar-refractivity contribution in [3.63, 3.8) is 0 Å². The summed E-state index contributed by atoms with van der Waals surface area (Å²) >= 11 is 0. The molecule has 2 aliphatic rings. The summed E-state index contributed by atoms with van der Waals surface area (Å²) in [5.74, 6) is 0. The lowest BCUT2D eigenvalue weighted by Gasteiger charge is -2.23. The standard InChI is InChI=1S/C9H17NO/c1-9(4-5-9)8(11)7-3-2-6-10-7/h7-8,10-11H,2-6H2,1H3/t7-,8-/m0/s1. The molecule has 11 heavy (non-hydrogen) atoms. The van der Waals surface area contributed by atoms with Crippen molar-refractivity contribution in [2.24, 2.45) is 5.41 Å². The first-order valence-corrected chi connectivity index (χ1v) is 4.64. The van der Waals surface area contributed by atoms with Gasteiger partial charge in [-0.3, -0.25) is 0 Å². The van der Waals surface area contributed by atoms with E-state index in [2.05, 4.69) is 12.2 Å². The maximum Gasteiger partial charge on any atom is 0.0746 e. The summed E-state index contributed by atoms with van der Waals surface area (Å²) in [5, 5.41) is 13.2. The molecular formula is C9H17NO. The minimum atomic E-state index is -0.0926. The highest BCUT2D eigenvalue weighted by molar-refractivity contribution is 5.00. The van der Waals surface area contributed by atoms with E-state index in [0.29, 0.717) is 6.04 Å². The number of aliphatic hydroxyl groups is 1. The van der Waals surface area contributed by atoms with Gasteiger partial charge in [0.2, 0.25) is 0 Å². The zero-order valence-electron chi connectivity index (χ0n) is 7.14. The molecule has 0 bridgehead atoms. The smallest absolute Gasteiger partial charge is 0.0746 e. The molecule has 1 saturated heterocycles. The van der Waals surface area contributed by atoms with Crippen molar-refractivity contribution in [1.82, 2.24) is 5.32 Å². The van der Waals surface area contributed by atoms with Crippen molar-refractivity contribution < 1.29 is 5.11 Å². The molecule has 2 heteroatoms. The summed E-state index contributed by atoms with van der Waals surface area (Å²) in [6, 6.07) is 0.391. The Labute approximate surface area is 68.0 Å². The zero-order valence-corrected chi connectivity index (χ0v) is 7.14. The molecule has 0 aromatic carbocycles. The predicted molar refractivity (Wildman–Crippen MR) is 44.4 cm³/mol. The van der Waals surface area contributed by atoms with Gasteiger partial charge in [0.1, 0.15) is 0 Å². The minimum absolute atomic E-state index is 0.0926. The van der Waals surface area contributed by atoms with Gasteiger partial charge < -0.3 is 10.4 Å². The second kappa shape index (κ2) is 2.46. The van der Waals surface area contributed by atoms with Crippen LogP contribution < -0.4 is 5.32 Å². The molecule has 2 nitrogen and oxygen atoms in total. The normalized spacial score (nSPS) is 37.1. The number of hydrogen-bond donors (Lipinski definition) is 2. The Hall–Kier alpha value is -0.0800. The Bertz CT molecular complexity index is 148. The van der Waals surface area contributed by atoms with Crippen LogP contribution in [0.15, 0.2) is 0 Å². The average Bonchev–Trinajstić information content (AvgIpc) is 2.54. The molecule has 1 aliphatic heterocycles. The predicted octanol–water partition coefficient (Wildman–Crippen LogP) is 0.899. The summed E-state index contributed by atoms with van der Waals surface area (Å²) < 4.78 is 0. The SMILES string of the molecule is CC1([C@@H](O)[C@@H]2CCCN2)CC1. The van der Waals surface area contributed by atoms with Gasteiger partial charge in [0.05, 0.1) is 6.10 Å². The lowest BCUT2D eigenvalue weighted by Crippen LogP contribution is -2.39. The average molecular weight is 155 g/mol. The van der Waals surface area contributed by atoms with Gasteiger partial charge >= 0.3 is 0 Å². The van der Waals surface area contributed by atoms with Crippen molar-refractivity contribution in [2.75, 3.05) is 6.54 Å². The van der Waals surface area contributed by atoms with Crippen LogP contribution in [0.4, 0.5) is 0 Å². The Morgan fingerprint density at radius 2 is 2.27 bits per heavy atom. The Morgan fingerprint density at radius 1 is 1.55 bits per heavy atom. The summed E-state index contributed by atoms with van der Waals surface area (Å²) in [6.07, 6.45) is 4.73. The van der Waals surface area contributed by atoms with Gasteiger partial charge in [-0.1, -0.05) is 6.92 Å². The fourth-order valence-electron chi connectivity index (χ4n) is 1.96. The van der Waals surface area contributed by atoms with Crippen LogP contribution in [0.2, 0.25) is 0 Å². The van der Waals surface area contributed by atoms with Crippen LogP contribution >= 0.6 is 0 Å². The van der Waals surface area contributed by atoms with Crippen molar-refractivity contribution in [3.8, 4) is 0 Å². The van der Waals surface area contributed by atoms with Gasteiger partial charge in [-0.15, -0.1) is 0 Å². The Balaban J connectivity index is 1.93. The molecule has 0 radical (unpaired) electrons. The third kappa shape index (κ3) is 1.30. The van der Waals surface area contributed by atoms with Crippen LogP contribution in [-0.4, -0.2) is 23.8 Å². The third-order valence-electron chi connectivity index (χ3n) is 3.23. The highest BCUT2D eigenvalue weighted by Gasteiger charge is 2.47. The van der Waals surface area contributed by atoms with Gasteiger partial charge in [-0.2, -0.15) is 0 Å². The molecule has 2 fully saturated rings. The largest absolute Gasteiger partial charge is 0.391 e. The van der Waals surface area contributed by atoms with Crippen LogP contribution in [0.3, 0.4) is 0 Å². The molecule has 64 valence electrons. The van der Waals surface area contributed by atoms with E-state index in [-0.39, 0.29) is 11.5 Å². The van der Waals surface area contributed by atoms with Crippen molar-refractivity contribution in [2.45, 2.75) is 44.8 Å². The number of rotatable bonds is 2. The molecule has 0 aromatic rings. The van der Waals surface area contributed by atoms with Gasteiger partial charge in [0.15, 0.2) is 0 Å². The summed E-state index contributed by atoms with van der Waals surface area (Å²) in [6.45, 7) is 3.29. The van der Waals surface area contributed by atoms with Crippen LogP contribution in [0.1, 0.15) is 32.6 Å². The zero-order chi connectivity index (χ0) is 7.90. The van der Waals surface area contributed by atoms with Gasteiger partial charge in [-0.25, -0.2) is 0 Å². The van der Waals surface area contributed by atoms with E-state index in [1.165, 1.54) is 19.3 Å². The molecule has 1 saturated carbocycles. The number of nitrogens with one attached hydrogen (secondary N) is 1. The molecule has 1 heterocycles. The van der Waals surface area contributed by atoms with E-state index in [1.807, 2.05) is 0 Å². The number of aliphatic hydroxyl groups excluding tert-OH is 1. The van der Waals surface area contributed by atoms with Gasteiger partial charge in [0, 0.05) is 6.04 Å². The van der Waals surface area contributed by atoms with Crippen molar-refractivity contribution in [3.05, 3.63) is 0 Å². The summed E-state index contributed by atoms with van der Waals surface area (Å²) in [5.41, 5.74) is 0.266. The maximum absolute atomic E-state index is 9.89. The van der Waals surface area contributed by atoms with Crippen molar-refractivity contribution in [1.29, 1.82) is 0 Å². The fraction of sp³-hybridized carbons (Fsp3) is 1.00. The van der Waals surface area contributed by atoms with Crippen LogP contribution in [0.25, 0.3) is 0 Å². The molecule has 1 aliphatic carbocycles. The first-order chi connectivity index (χ1) is 5.22. The monoisotopic (exact) mass is 155 g/mol. The molecule has 0 aromatic heterocycles. The quantitative estimate of drug-likeness (QED) is 0.621. The van der Waals surface area contributed by atoms with E-state index in [1.54, 1.807) is 0 Å².